The first-order chi connectivity index (χ1) is 10.7. The van der Waals surface area contributed by atoms with E-state index in [-0.39, 0.29) is 11.9 Å². The average Bonchev–Trinajstić information content (AvgIpc) is 2.79. The Morgan fingerprint density at radius 2 is 1.86 bits per heavy atom. The van der Waals surface area contributed by atoms with Gasteiger partial charge in [0.1, 0.15) is 5.69 Å². The Morgan fingerprint density at radius 3 is 2.59 bits per heavy atom. The van der Waals surface area contributed by atoms with E-state index in [0.717, 1.165) is 23.6 Å². The van der Waals surface area contributed by atoms with E-state index in [1.807, 2.05) is 6.07 Å². The lowest BCUT2D eigenvalue weighted by atomic mass is 10.1. The van der Waals surface area contributed by atoms with Crippen LogP contribution in [0.5, 0.6) is 0 Å². The highest BCUT2D eigenvalue weighted by Gasteiger charge is 2.19. The Bertz CT molecular complexity index is 694. The van der Waals surface area contributed by atoms with Crippen LogP contribution in [0, 0.1) is 0 Å². The Hall–Kier alpha value is -1.81. The zero-order valence-corrected chi connectivity index (χ0v) is 13.2. The summed E-state index contributed by atoms with van der Waals surface area (Å²) in [6.07, 6.45) is 8.57. The zero-order valence-electron chi connectivity index (χ0n) is 12.4. The van der Waals surface area contributed by atoms with Crippen molar-refractivity contribution in [2.24, 2.45) is 0 Å². The highest BCUT2D eigenvalue weighted by Crippen LogP contribution is 2.29. The van der Waals surface area contributed by atoms with Gasteiger partial charge in [-0.1, -0.05) is 43.4 Å². The van der Waals surface area contributed by atoms with Crippen molar-refractivity contribution in [2.45, 2.75) is 44.6 Å². The Morgan fingerprint density at radius 1 is 1.14 bits per heavy atom. The summed E-state index contributed by atoms with van der Waals surface area (Å²) >= 11 is 6.05. The molecule has 1 aromatic carbocycles. The minimum absolute atomic E-state index is 0.126. The van der Waals surface area contributed by atoms with Gasteiger partial charge in [-0.3, -0.25) is 9.78 Å². The number of pyridine rings is 1. The molecule has 116 valence electrons. The minimum Gasteiger partial charge on any atom is -0.397 e. The van der Waals surface area contributed by atoms with E-state index in [9.17, 15) is 4.79 Å². The molecule has 0 spiro atoms. The number of fused-ring (bicyclic) bond motifs is 1. The van der Waals surface area contributed by atoms with E-state index in [1.54, 1.807) is 18.3 Å². The Balaban J connectivity index is 1.89. The molecule has 1 fully saturated rings. The molecule has 22 heavy (non-hydrogen) atoms. The van der Waals surface area contributed by atoms with Crippen molar-refractivity contribution in [2.75, 3.05) is 5.73 Å². The van der Waals surface area contributed by atoms with Gasteiger partial charge in [-0.05, 0) is 25.0 Å². The summed E-state index contributed by atoms with van der Waals surface area (Å²) in [6, 6.07) is 5.56. The molecule has 1 amide bonds. The number of hydrogen-bond acceptors (Lipinski definition) is 3. The Kier molecular flexibility index (Phi) is 4.48. The second-order valence-corrected chi connectivity index (χ2v) is 6.28. The van der Waals surface area contributed by atoms with Crippen molar-refractivity contribution < 1.29 is 4.79 Å². The zero-order chi connectivity index (χ0) is 15.5. The maximum atomic E-state index is 12.6. The highest BCUT2D eigenvalue weighted by atomic mass is 35.5. The number of carbonyl (C=O) groups excluding carboxylic acids is 1. The predicted octanol–water partition coefficient (Wildman–Crippen LogP) is 3.92. The van der Waals surface area contributed by atoms with E-state index >= 15 is 0 Å². The lowest BCUT2D eigenvalue weighted by molar-refractivity contribution is 0.0930. The fraction of sp³-hybridized carbons (Fsp3) is 0.412. The molecule has 0 radical (unpaired) electrons. The summed E-state index contributed by atoms with van der Waals surface area (Å²) in [5.74, 6) is -0.126. The summed E-state index contributed by atoms with van der Waals surface area (Å²) in [5.41, 5.74) is 6.91. The smallest absolute Gasteiger partial charge is 0.270 e. The van der Waals surface area contributed by atoms with Gasteiger partial charge in [0.05, 0.1) is 10.7 Å². The van der Waals surface area contributed by atoms with E-state index in [4.69, 9.17) is 17.3 Å². The number of halogens is 1. The number of nitrogens with one attached hydrogen (secondary N) is 1. The first-order valence-electron chi connectivity index (χ1n) is 7.80. The Labute approximate surface area is 135 Å². The number of amides is 1. The molecule has 3 N–H and O–H groups in total. The fourth-order valence-electron chi connectivity index (χ4n) is 3.11. The van der Waals surface area contributed by atoms with Crippen LogP contribution in [0.25, 0.3) is 10.8 Å². The van der Waals surface area contributed by atoms with Crippen molar-refractivity contribution in [3.63, 3.8) is 0 Å². The monoisotopic (exact) mass is 317 g/mol. The molecule has 1 heterocycles. The number of hydrogen-bond donors (Lipinski definition) is 2. The predicted molar refractivity (Wildman–Crippen MR) is 90.1 cm³/mol. The highest BCUT2D eigenvalue weighted by molar-refractivity contribution is 6.34. The van der Waals surface area contributed by atoms with Crippen molar-refractivity contribution in [3.05, 3.63) is 35.1 Å². The molecule has 2 aromatic rings. The van der Waals surface area contributed by atoms with E-state index in [2.05, 4.69) is 10.3 Å². The third-order valence-corrected chi connectivity index (χ3v) is 4.67. The number of nitrogen functional groups attached to an aromatic ring is 1. The van der Waals surface area contributed by atoms with Gasteiger partial charge in [-0.25, -0.2) is 0 Å². The van der Waals surface area contributed by atoms with E-state index in [1.165, 1.54) is 25.7 Å². The summed E-state index contributed by atoms with van der Waals surface area (Å²) in [6.45, 7) is 0. The summed E-state index contributed by atoms with van der Waals surface area (Å²) in [5, 5.41) is 5.14. The van der Waals surface area contributed by atoms with Gasteiger partial charge in [-0.15, -0.1) is 0 Å². The standard InChI is InChI=1S/C17H20ClN3O/c18-14-8-7-13-12(15(14)19)9-10-20-16(13)17(22)21-11-5-3-1-2-4-6-11/h7-11H,1-6,19H2,(H,21,22). The van der Waals surface area contributed by atoms with Crippen molar-refractivity contribution in [1.82, 2.24) is 10.3 Å². The molecule has 0 atom stereocenters. The largest absolute Gasteiger partial charge is 0.397 e. The molecule has 1 aliphatic rings. The van der Waals surface area contributed by atoms with Crippen LogP contribution in [-0.4, -0.2) is 16.9 Å². The van der Waals surface area contributed by atoms with Crippen LogP contribution in [0.2, 0.25) is 5.02 Å². The number of rotatable bonds is 2. The number of carbonyl (C=O) groups is 1. The number of benzene rings is 1. The van der Waals surface area contributed by atoms with E-state index < -0.39 is 0 Å². The molecule has 0 saturated heterocycles. The van der Waals surface area contributed by atoms with Crippen LogP contribution in [0.1, 0.15) is 49.0 Å². The van der Waals surface area contributed by atoms with Gasteiger partial charge in [0.25, 0.3) is 5.91 Å². The first-order valence-corrected chi connectivity index (χ1v) is 8.18. The van der Waals surface area contributed by atoms with Crippen molar-refractivity contribution >= 4 is 34.0 Å². The van der Waals surface area contributed by atoms with Gasteiger partial charge in [-0.2, -0.15) is 0 Å². The van der Waals surface area contributed by atoms with Crippen LogP contribution in [-0.2, 0) is 0 Å². The maximum Gasteiger partial charge on any atom is 0.270 e. The third-order valence-electron chi connectivity index (χ3n) is 4.34. The SMILES string of the molecule is Nc1c(Cl)ccc2c(C(=O)NC3CCCCCC3)nccc12. The lowest BCUT2D eigenvalue weighted by Gasteiger charge is -2.16. The molecule has 5 heteroatoms. The van der Waals surface area contributed by atoms with Crippen LogP contribution < -0.4 is 11.1 Å². The molecule has 4 nitrogen and oxygen atoms in total. The lowest BCUT2D eigenvalue weighted by Crippen LogP contribution is -2.35. The third kappa shape index (κ3) is 3.02. The van der Waals surface area contributed by atoms with Crippen LogP contribution in [0.3, 0.4) is 0 Å². The maximum absolute atomic E-state index is 12.6. The van der Waals surface area contributed by atoms with Crippen LogP contribution in [0.15, 0.2) is 24.4 Å². The second kappa shape index (κ2) is 6.53. The van der Waals surface area contributed by atoms with Gasteiger partial charge in [0, 0.05) is 23.0 Å². The topological polar surface area (TPSA) is 68.0 Å². The van der Waals surface area contributed by atoms with Crippen LogP contribution >= 0.6 is 11.6 Å². The molecule has 0 aliphatic heterocycles. The number of anilines is 1. The number of nitrogens with two attached hydrogens (primary N) is 1. The summed E-state index contributed by atoms with van der Waals surface area (Å²) < 4.78 is 0. The molecule has 0 bridgehead atoms. The molecule has 0 unspecified atom stereocenters. The molecule has 1 aliphatic carbocycles. The van der Waals surface area contributed by atoms with Gasteiger partial charge in [0.2, 0.25) is 0 Å². The first kappa shape index (κ1) is 15.1. The van der Waals surface area contributed by atoms with Crippen molar-refractivity contribution in [3.8, 4) is 0 Å². The van der Waals surface area contributed by atoms with Gasteiger partial charge in [0.15, 0.2) is 0 Å². The molecule has 1 saturated carbocycles. The van der Waals surface area contributed by atoms with E-state index in [0.29, 0.717) is 16.4 Å². The summed E-state index contributed by atoms with van der Waals surface area (Å²) in [4.78, 5) is 16.8. The molecular formula is C17H20ClN3O. The second-order valence-electron chi connectivity index (χ2n) is 5.88. The van der Waals surface area contributed by atoms with Gasteiger partial charge < -0.3 is 11.1 Å². The number of nitrogens with zero attached hydrogens (tertiary/aromatic N) is 1. The van der Waals surface area contributed by atoms with Crippen molar-refractivity contribution in [1.29, 1.82) is 0 Å². The summed E-state index contributed by atoms with van der Waals surface area (Å²) in [7, 11) is 0. The fourth-order valence-corrected chi connectivity index (χ4v) is 3.27. The molecule has 3 rings (SSSR count). The average molecular weight is 318 g/mol. The van der Waals surface area contributed by atoms with Crippen LogP contribution in [0.4, 0.5) is 5.69 Å². The number of aromatic nitrogens is 1. The molecule has 1 aromatic heterocycles. The molecular weight excluding hydrogens is 298 g/mol. The minimum atomic E-state index is -0.126. The quantitative estimate of drug-likeness (QED) is 0.651. The normalized spacial score (nSPS) is 16.4. The van der Waals surface area contributed by atoms with Gasteiger partial charge >= 0.3 is 0 Å².